The molecular weight excluding hydrogens is 341 g/mol. The van der Waals surface area contributed by atoms with E-state index in [9.17, 15) is 0 Å². The molecule has 0 unspecified atom stereocenters. The van der Waals surface area contributed by atoms with E-state index in [0.29, 0.717) is 12.5 Å². The van der Waals surface area contributed by atoms with Crippen LogP contribution in [0.1, 0.15) is 32.1 Å². The van der Waals surface area contributed by atoms with Crippen LogP contribution in [0.3, 0.4) is 0 Å². The normalized spacial score (nSPS) is 21.9. The zero-order valence-electron chi connectivity index (χ0n) is 10.9. The number of nitrogens with zero attached hydrogens (tertiary/aromatic N) is 2. The van der Waals surface area contributed by atoms with E-state index >= 15 is 0 Å². The Balaban J connectivity index is 0.00000162. The number of rotatable bonds is 2. The molecule has 2 aliphatic rings. The Labute approximate surface area is 127 Å². The molecule has 5 heteroatoms. The summed E-state index contributed by atoms with van der Waals surface area (Å²) in [6.45, 7) is 4.38. The number of hydrogen-bond donors (Lipinski definition) is 1. The van der Waals surface area contributed by atoms with E-state index in [1.807, 2.05) is 0 Å². The molecule has 0 aromatic rings. The Morgan fingerprint density at radius 2 is 2.00 bits per heavy atom. The summed E-state index contributed by atoms with van der Waals surface area (Å²) in [5.74, 6) is 0.707. The first-order valence-electron chi connectivity index (χ1n) is 6.67. The lowest BCUT2D eigenvalue weighted by molar-refractivity contribution is 0.149. The van der Waals surface area contributed by atoms with Gasteiger partial charge in [-0.25, -0.2) is 4.99 Å². The van der Waals surface area contributed by atoms with Gasteiger partial charge in [-0.15, -0.1) is 24.0 Å². The summed E-state index contributed by atoms with van der Waals surface area (Å²) in [7, 11) is 0. The van der Waals surface area contributed by atoms with Crippen molar-refractivity contribution in [3.05, 3.63) is 11.6 Å². The average Bonchev–Trinajstić information content (AvgIpc) is 2.66. The van der Waals surface area contributed by atoms with E-state index in [-0.39, 0.29) is 24.0 Å². The first kappa shape index (κ1) is 15.8. The Morgan fingerprint density at radius 1 is 1.28 bits per heavy atom. The minimum absolute atomic E-state index is 0. The summed E-state index contributed by atoms with van der Waals surface area (Å²) in [5, 5.41) is 0. The largest absolute Gasteiger partial charge is 0.377 e. The Hall–Kier alpha value is -0.300. The zero-order valence-corrected chi connectivity index (χ0v) is 13.3. The zero-order chi connectivity index (χ0) is 11.9. The first-order valence-corrected chi connectivity index (χ1v) is 6.67. The maximum absolute atomic E-state index is 6.04. The van der Waals surface area contributed by atoms with Crippen LogP contribution in [0.5, 0.6) is 0 Å². The summed E-state index contributed by atoms with van der Waals surface area (Å²) in [5.41, 5.74) is 7.30. The van der Waals surface area contributed by atoms with Crippen molar-refractivity contribution in [1.29, 1.82) is 0 Å². The molecular formula is C13H24IN3O. The summed E-state index contributed by atoms with van der Waals surface area (Å²) >= 11 is 0. The number of nitrogens with two attached hydrogens (primary N) is 1. The molecule has 2 heterocycles. The molecule has 1 saturated heterocycles. The molecule has 0 spiro atoms. The lowest BCUT2D eigenvalue weighted by atomic mass is 10.2. The summed E-state index contributed by atoms with van der Waals surface area (Å²) in [4.78, 5) is 6.70. The fourth-order valence-electron chi connectivity index (χ4n) is 2.30. The molecule has 0 aromatic heterocycles. The quantitative estimate of drug-likeness (QED) is 0.353. The van der Waals surface area contributed by atoms with Crippen molar-refractivity contribution in [3.8, 4) is 0 Å². The number of halogens is 1. The van der Waals surface area contributed by atoms with Gasteiger partial charge in [0.1, 0.15) is 0 Å². The molecule has 1 fully saturated rings. The highest BCUT2D eigenvalue weighted by Crippen LogP contribution is 2.10. The van der Waals surface area contributed by atoms with E-state index in [1.165, 1.54) is 31.3 Å². The highest BCUT2D eigenvalue weighted by molar-refractivity contribution is 14.0. The fraction of sp³-hybridized carbons (Fsp3) is 0.769. The second kappa shape index (κ2) is 8.74. The topological polar surface area (TPSA) is 50.9 Å². The molecule has 0 atom stereocenters. The Kier molecular flexibility index (Phi) is 7.65. The minimum Gasteiger partial charge on any atom is -0.377 e. The van der Waals surface area contributed by atoms with Crippen LogP contribution in [0.25, 0.3) is 0 Å². The van der Waals surface area contributed by atoms with Crippen LogP contribution in [-0.2, 0) is 4.74 Å². The maximum atomic E-state index is 6.04. The van der Waals surface area contributed by atoms with Crippen LogP contribution in [-0.4, -0.2) is 43.7 Å². The van der Waals surface area contributed by atoms with Crippen molar-refractivity contribution in [2.24, 2.45) is 10.7 Å². The predicted octanol–water partition coefficient (Wildman–Crippen LogP) is 2.14. The van der Waals surface area contributed by atoms with E-state index in [0.717, 1.165) is 32.7 Å². The maximum Gasteiger partial charge on any atom is 0.191 e. The van der Waals surface area contributed by atoms with Gasteiger partial charge in [0.2, 0.25) is 0 Å². The van der Waals surface area contributed by atoms with Crippen LogP contribution in [0.4, 0.5) is 0 Å². The van der Waals surface area contributed by atoms with Gasteiger partial charge in [-0.1, -0.05) is 18.9 Å². The molecule has 0 saturated carbocycles. The Bertz CT molecular complexity index is 297. The van der Waals surface area contributed by atoms with Gasteiger partial charge in [0.05, 0.1) is 19.8 Å². The smallest absolute Gasteiger partial charge is 0.191 e. The van der Waals surface area contributed by atoms with Crippen molar-refractivity contribution in [3.63, 3.8) is 0 Å². The minimum atomic E-state index is 0. The second-order valence-electron chi connectivity index (χ2n) is 4.78. The standard InChI is InChI=1S/C13H23N3O.HI/c14-13(16-7-3-1-2-4-8-16)15-10-12-6-5-9-17-11-12;/h6H,1-5,7-11H2,(H2,14,15);1H. The molecule has 0 aromatic carbocycles. The number of likely N-dealkylation sites (tertiary alicyclic amines) is 1. The summed E-state index contributed by atoms with van der Waals surface area (Å²) in [6.07, 6.45) is 8.35. The lowest BCUT2D eigenvalue weighted by Gasteiger charge is -2.21. The molecule has 18 heavy (non-hydrogen) atoms. The van der Waals surface area contributed by atoms with Crippen LogP contribution in [0.15, 0.2) is 16.6 Å². The molecule has 2 aliphatic heterocycles. The van der Waals surface area contributed by atoms with E-state index in [1.54, 1.807) is 0 Å². The molecule has 104 valence electrons. The van der Waals surface area contributed by atoms with E-state index in [4.69, 9.17) is 10.5 Å². The van der Waals surface area contributed by atoms with Crippen molar-refractivity contribution < 1.29 is 4.74 Å². The lowest BCUT2D eigenvalue weighted by Crippen LogP contribution is -2.38. The van der Waals surface area contributed by atoms with Gasteiger partial charge in [0.15, 0.2) is 5.96 Å². The van der Waals surface area contributed by atoms with Crippen LogP contribution in [0, 0.1) is 0 Å². The van der Waals surface area contributed by atoms with Gasteiger partial charge >= 0.3 is 0 Å². The van der Waals surface area contributed by atoms with Gasteiger partial charge in [-0.05, 0) is 24.8 Å². The summed E-state index contributed by atoms with van der Waals surface area (Å²) < 4.78 is 5.39. The fourth-order valence-corrected chi connectivity index (χ4v) is 2.30. The van der Waals surface area contributed by atoms with Gasteiger partial charge in [0.25, 0.3) is 0 Å². The first-order chi connectivity index (χ1) is 8.36. The number of guanidine groups is 1. The van der Waals surface area contributed by atoms with Crippen molar-refractivity contribution in [2.45, 2.75) is 32.1 Å². The average molecular weight is 365 g/mol. The van der Waals surface area contributed by atoms with Crippen molar-refractivity contribution in [2.75, 3.05) is 32.8 Å². The monoisotopic (exact) mass is 365 g/mol. The predicted molar refractivity (Wildman–Crippen MR) is 85.5 cm³/mol. The van der Waals surface area contributed by atoms with Crippen LogP contribution in [0.2, 0.25) is 0 Å². The molecule has 0 amide bonds. The Morgan fingerprint density at radius 3 is 2.61 bits per heavy atom. The van der Waals surface area contributed by atoms with E-state index < -0.39 is 0 Å². The molecule has 0 aliphatic carbocycles. The second-order valence-corrected chi connectivity index (χ2v) is 4.78. The SMILES string of the molecule is I.NC(=NCC1=CCCOC1)N1CCCCCC1. The highest BCUT2D eigenvalue weighted by Gasteiger charge is 2.11. The molecule has 2 N–H and O–H groups in total. The van der Waals surface area contributed by atoms with Gasteiger partial charge < -0.3 is 15.4 Å². The van der Waals surface area contributed by atoms with Gasteiger partial charge in [-0.2, -0.15) is 0 Å². The third kappa shape index (κ3) is 5.14. The molecule has 4 nitrogen and oxygen atoms in total. The highest BCUT2D eigenvalue weighted by atomic mass is 127. The number of ether oxygens (including phenoxy) is 1. The van der Waals surface area contributed by atoms with Crippen LogP contribution >= 0.6 is 24.0 Å². The van der Waals surface area contributed by atoms with Crippen molar-refractivity contribution >= 4 is 29.9 Å². The molecule has 0 radical (unpaired) electrons. The number of hydrogen-bond acceptors (Lipinski definition) is 2. The van der Waals surface area contributed by atoms with Crippen molar-refractivity contribution in [1.82, 2.24) is 4.90 Å². The molecule has 2 rings (SSSR count). The third-order valence-electron chi connectivity index (χ3n) is 3.36. The number of aliphatic imine (C=N–C) groups is 1. The van der Waals surface area contributed by atoms with Gasteiger partial charge in [0, 0.05) is 13.1 Å². The summed E-state index contributed by atoms with van der Waals surface area (Å²) in [6, 6.07) is 0. The van der Waals surface area contributed by atoms with Gasteiger partial charge in [-0.3, -0.25) is 0 Å². The van der Waals surface area contributed by atoms with E-state index in [2.05, 4.69) is 16.0 Å². The molecule has 0 bridgehead atoms. The third-order valence-corrected chi connectivity index (χ3v) is 3.36. The van der Waals surface area contributed by atoms with Crippen LogP contribution < -0.4 is 5.73 Å².